The minimum atomic E-state index is -0.310. The van der Waals surface area contributed by atoms with Crippen molar-refractivity contribution in [3.05, 3.63) is 187 Å². The predicted molar refractivity (Wildman–Crippen MR) is 208 cm³/mol. The van der Waals surface area contributed by atoms with Gasteiger partial charge in [-0.25, -0.2) is 0 Å². The van der Waals surface area contributed by atoms with Crippen molar-refractivity contribution in [3.8, 4) is 33.4 Å². The molecule has 1 aromatic heterocycles. The van der Waals surface area contributed by atoms with Crippen molar-refractivity contribution in [2.24, 2.45) is 0 Å². The normalized spacial score (nSPS) is 15.7. The lowest BCUT2D eigenvalue weighted by Gasteiger charge is -2.43. The van der Waals surface area contributed by atoms with E-state index in [4.69, 9.17) is 4.42 Å². The van der Waals surface area contributed by atoms with Crippen molar-refractivity contribution >= 4 is 49.8 Å². The summed E-state index contributed by atoms with van der Waals surface area (Å²) in [5.41, 5.74) is 16.6. The summed E-state index contributed by atoms with van der Waals surface area (Å²) < 4.78 is 6.55. The molecule has 50 heavy (non-hydrogen) atoms. The fraction of sp³-hybridized carbons (Fsp3) is 0.0417. The lowest BCUT2D eigenvalue weighted by Crippen LogP contribution is -2.32. The average molecular weight is 638 g/mol. The molecule has 0 spiro atoms. The molecule has 0 saturated heterocycles. The number of hydrogen-bond donors (Lipinski definition) is 0. The molecular weight excluding hydrogens is 607 g/mol. The highest BCUT2D eigenvalue weighted by molar-refractivity contribution is 6.17. The fourth-order valence-corrected chi connectivity index (χ4v) is 9.01. The Balaban J connectivity index is 1.21. The minimum Gasteiger partial charge on any atom is -0.456 e. The molecule has 8 aromatic carbocycles. The van der Waals surface area contributed by atoms with Gasteiger partial charge in [-0.15, -0.1) is 0 Å². The third-order valence-electron chi connectivity index (χ3n) is 11.2. The van der Waals surface area contributed by atoms with Crippen LogP contribution in [-0.2, 0) is 5.41 Å². The molecule has 0 bridgehead atoms. The van der Waals surface area contributed by atoms with Crippen LogP contribution in [0.15, 0.2) is 174 Å². The van der Waals surface area contributed by atoms with Gasteiger partial charge in [0.15, 0.2) is 0 Å². The van der Waals surface area contributed by atoms with Crippen LogP contribution < -0.4 is 4.90 Å². The highest BCUT2D eigenvalue weighted by Gasteiger charge is 2.48. The molecule has 2 heterocycles. The first kappa shape index (κ1) is 27.6. The molecule has 0 amide bonds. The van der Waals surface area contributed by atoms with E-state index in [-0.39, 0.29) is 5.41 Å². The van der Waals surface area contributed by atoms with E-state index in [0.29, 0.717) is 0 Å². The molecule has 234 valence electrons. The van der Waals surface area contributed by atoms with Crippen LogP contribution in [0.4, 0.5) is 17.1 Å². The van der Waals surface area contributed by atoms with Crippen LogP contribution in [0.3, 0.4) is 0 Å². The van der Waals surface area contributed by atoms with Crippen LogP contribution in [0.1, 0.15) is 23.6 Å². The summed E-state index contributed by atoms with van der Waals surface area (Å²) in [4.78, 5) is 2.52. The molecule has 0 N–H and O–H groups in total. The van der Waals surface area contributed by atoms with E-state index in [1.165, 1.54) is 72.2 Å². The van der Waals surface area contributed by atoms with Crippen LogP contribution >= 0.6 is 0 Å². The maximum atomic E-state index is 6.55. The van der Waals surface area contributed by atoms with Crippen LogP contribution in [0.5, 0.6) is 0 Å². The summed E-state index contributed by atoms with van der Waals surface area (Å²) in [5, 5.41) is 4.68. The standard InChI is InChI=1S/C48H31NO/c1-48-39-21-9-7-17-34(39)37-20-11-23-43(47(37)48)49(42-26-25-33(28-40(42)48)30-13-3-2-4-14-30)41-22-10-8-18-35(41)36-19-12-24-44-46(36)38-27-31-15-5-6-16-32(31)29-45(38)50-44/h2-29H,1H3. The van der Waals surface area contributed by atoms with Crippen LogP contribution in [0, 0.1) is 0 Å². The lowest BCUT2D eigenvalue weighted by molar-refractivity contribution is 0.669. The van der Waals surface area contributed by atoms with Crippen molar-refractivity contribution in [2.75, 3.05) is 4.90 Å². The number of furan rings is 1. The lowest BCUT2D eigenvalue weighted by atomic mass is 9.70. The Morgan fingerprint density at radius 3 is 2.00 bits per heavy atom. The van der Waals surface area contributed by atoms with E-state index < -0.39 is 0 Å². The monoisotopic (exact) mass is 637 g/mol. The summed E-state index contributed by atoms with van der Waals surface area (Å²) in [5.74, 6) is 0. The molecule has 0 radical (unpaired) electrons. The third kappa shape index (κ3) is 3.63. The number of fused-ring (bicyclic) bond motifs is 9. The van der Waals surface area contributed by atoms with Crippen molar-refractivity contribution in [2.45, 2.75) is 12.3 Å². The van der Waals surface area contributed by atoms with Crippen LogP contribution in [-0.4, -0.2) is 0 Å². The number of hydrogen-bond acceptors (Lipinski definition) is 2. The van der Waals surface area contributed by atoms with E-state index >= 15 is 0 Å². The van der Waals surface area contributed by atoms with Gasteiger partial charge in [-0.1, -0.05) is 127 Å². The Labute approximate surface area is 290 Å². The molecule has 0 saturated carbocycles. The van der Waals surface area contributed by atoms with E-state index in [0.717, 1.165) is 27.6 Å². The maximum absolute atomic E-state index is 6.55. The predicted octanol–water partition coefficient (Wildman–Crippen LogP) is 13.2. The number of anilines is 3. The van der Waals surface area contributed by atoms with Gasteiger partial charge in [0.05, 0.1) is 17.1 Å². The molecule has 0 fully saturated rings. The van der Waals surface area contributed by atoms with Gasteiger partial charge < -0.3 is 9.32 Å². The second-order valence-corrected chi connectivity index (χ2v) is 13.8. The quantitative estimate of drug-likeness (QED) is 0.192. The fourth-order valence-electron chi connectivity index (χ4n) is 9.01. The molecule has 2 nitrogen and oxygen atoms in total. The van der Waals surface area contributed by atoms with Crippen molar-refractivity contribution in [1.29, 1.82) is 0 Å². The first-order chi connectivity index (χ1) is 24.7. The maximum Gasteiger partial charge on any atom is 0.136 e. The Morgan fingerprint density at radius 2 is 1.12 bits per heavy atom. The number of para-hydroxylation sites is 1. The molecule has 1 unspecified atom stereocenters. The molecule has 9 aromatic rings. The van der Waals surface area contributed by atoms with Crippen molar-refractivity contribution in [1.82, 2.24) is 0 Å². The third-order valence-corrected chi connectivity index (χ3v) is 11.2. The second-order valence-electron chi connectivity index (χ2n) is 13.8. The highest BCUT2D eigenvalue weighted by Crippen LogP contribution is 2.63. The van der Waals surface area contributed by atoms with E-state index in [2.05, 4.69) is 182 Å². The number of rotatable bonds is 3. The zero-order chi connectivity index (χ0) is 33.0. The number of nitrogens with zero attached hydrogens (tertiary/aromatic N) is 1. The summed E-state index contributed by atoms with van der Waals surface area (Å²) in [6, 6.07) is 62.0. The Bertz CT molecular complexity index is 2840. The molecule has 2 heteroatoms. The second kappa shape index (κ2) is 10.1. The first-order valence-electron chi connectivity index (χ1n) is 17.4. The van der Waals surface area contributed by atoms with Crippen LogP contribution in [0.25, 0.3) is 66.1 Å². The van der Waals surface area contributed by atoms with Gasteiger partial charge in [-0.2, -0.15) is 0 Å². The smallest absolute Gasteiger partial charge is 0.136 e. The van der Waals surface area contributed by atoms with Crippen molar-refractivity contribution in [3.63, 3.8) is 0 Å². The van der Waals surface area contributed by atoms with E-state index in [1.807, 2.05) is 0 Å². The molecular formula is C48H31NO. The SMILES string of the molecule is CC12c3ccccc3-c3cccc(c31)N(c1ccccc1-c1cccc3oc4cc5ccccc5cc4c13)c1ccc(-c3ccccc3)cc12. The van der Waals surface area contributed by atoms with Gasteiger partial charge in [0.2, 0.25) is 0 Å². The van der Waals surface area contributed by atoms with E-state index in [9.17, 15) is 0 Å². The Hall–Kier alpha value is -6.38. The first-order valence-corrected chi connectivity index (χ1v) is 17.4. The Kier molecular flexibility index (Phi) is 5.55. The van der Waals surface area contributed by atoms with Gasteiger partial charge in [-0.05, 0) is 105 Å². The number of benzene rings is 8. The molecule has 1 aliphatic heterocycles. The van der Waals surface area contributed by atoms with Crippen molar-refractivity contribution < 1.29 is 4.42 Å². The summed E-state index contributed by atoms with van der Waals surface area (Å²) in [6.45, 7) is 2.43. The largest absolute Gasteiger partial charge is 0.456 e. The summed E-state index contributed by atoms with van der Waals surface area (Å²) in [6.07, 6.45) is 0. The molecule has 11 rings (SSSR count). The molecule has 1 atom stereocenters. The molecule has 1 aliphatic carbocycles. The average Bonchev–Trinajstić information content (AvgIpc) is 3.67. The minimum absolute atomic E-state index is 0.310. The summed E-state index contributed by atoms with van der Waals surface area (Å²) in [7, 11) is 0. The highest BCUT2D eigenvalue weighted by atomic mass is 16.3. The van der Waals surface area contributed by atoms with E-state index in [1.54, 1.807) is 0 Å². The van der Waals surface area contributed by atoms with Gasteiger partial charge in [0, 0.05) is 21.8 Å². The zero-order valence-corrected chi connectivity index (χ0v) is 27.5. The summed E-state index contributed by atoms with van der Waals surface area (Å²) >= 11 is 0. The van der Waals surface area contributed by atoms with Gasteiger partial charge in [-0.3, -0.25) is 0 Å². The Morgan fingerprint density at radius 1 is 0.440 bits per heavy atom. The van der Waals surface area contributed by atoms with Gasteiger partial charge in [0.25, 0.3) is 0 Å². The van der Waals surface area contributed by atoms with Crippen LogP contribution in [0.2, 0.25) is 0 Å². The topological polar surface area (TPSA) is 16.4 Å². The molecule has 2 aliphatic rings. The van der Waals surface area contributed by atoms with Gasteiger partial charge in [0.1, 0.15) is 11.2 Å². The zero-order valence-electron chi connectivity index (χ0n) is 27.5. The van der Waals surface area contributed by atoms with Gasteiger partial charge >= 0.3 is 0 Å².